The molecule has 148 valence electrons. The number of carbonyl (C=O) groups excluding carboxylic acids is 1. The highest BCUT2D eigenvalue weighted by atomic mass is 16.5. The molecule has 5 nitrogen and oxygen atoms in total. The fourth-order valence-corrected chi connectivity index (χ4v) is 3.97. The van der Waals surface area contributed by atoms with Crippen molar-refractivity contribution in [2.75, 3.05) is 33.9 Å². The predicted octanol–water partition coefficient (Wildman–Crippen LogP) is 2.11. The molecular formula is C23H29N2O3+. The summed E-state index contributed by atoms with van der Waals surface area (Å²) in [6.45, 7) is 8.25. The lowest BCUT2D eigenvalue weighted by Crippen LogP contribution is -3.13. The summed E-state index contributed by atoms with van der Waals surface area (Å²) < 4.78 is 11.0. The third-order valence-corrected chi connectivity index (χ3v) is 5.49. The highest BCUT2D eigenvalue weighted by Gasteiger charge is 2.32. The standard InChI is InChI=1S/C23H28N2O3/c1-5-11-25-12-10-17-13-21(27-3)22(28-4)14-19(17)20(25)15-24-23(26)18-9-7-6-8-16(18)2/h5-9,13-14,20H,1,10-12,15H2,2-4H3,(H,24,26)/p+1/t20-/m0/s1. The van der Waals surface area contributed by atoms with E-state index in [9.17, 15) is 4.79 Å². The first-order valence-corrected chi connectivity index (χ1v) is 9.63. The topological polar surface area (TPSA) is 52.0 Å². The molecule has 2 N–H and O–H groups in total. The van der Waals surface area contributed by atoms with E-state index in [2.05, 4.69) is 24.0 Å². The first-order chi connectivity index (χ1) is 13.6. The fourth-order valence-electron chi connectivity index (χ4n) is 3.97. The minimum Gasteiger partial charge on any atom is -0.493 e. The van der Waals surface area contributed by atoms with Crippen LogP contribution < -0.4 is 19.7 Å². The van der Waals surface area contributed by atoms with Crippen molar-refractivity contribution in [1.29, 1.82) is 0 Å². The van der Waals surface area contributed by atoms with E-state index in [1.54, 1.807) is 14.2 Å². The molecule has 2 aromatic carbocycles. The zero-order valence-corrected chi connectivity index (χ0v) is 16.9. The minimum absolute atomic E-state index is 0.0383. The molecule has 1 aliphatic heterocycles. The number of hydrogen-bond acceptors (Lipinski definition) is 3. The van der Waals surface area contributed by atoms with Gasteiger partial charge in [-0.05, 0) is 42.3 Å². The number of hydrogen-bond donors (Lipinski definition) is 2. The molecule has 0 radical (unpaired) electrons. The maximum Gasteiger partial charge on any atom is 0.251 e. The molecule has 0 fully saturated rings. The van der Waals surface area contributed by atoms with Gasteiger partial charge in [0.15, 0.2) is 11.5 Å². The van der Waals surface area contributed by atoms with Crippen molar-refractivity contribution in [3.8, 4) is 11.5 Å². The van der Waals surface area contributed by atoms with Gasteiger partial charge in [0, 0.05) is 17.5 Å². The van der Waals surface area contributed by atoms with Crippen LogP contribution in [0.5, 0.6) is 11.5 Å². The summed E-state index contributed by atoms with van der Waals surface area (Å²) in [6.07, 6.45) is 2.90. The molecule has 3 rings (SSSR count). The van der Waals surface area contributed by atoms with Crippen molar-refractivity contribution >= 4 is 5.91 Å². The van der Waals surface area contributed by atoms with E-state index < -0.39 is 0 Å². The highest BCUT2D eigenvalue weighted by Crippen LogP contribution is 2.34. The Morgan fingerprint density at radius 3 is 2.64 bits per heavy atom. The van der Waals surface area contributed by atoms with E-state index in [0.29, 0.717) is 6.54 Å². The number of fused-ring (bicyclic) bond motifs is 1. The molecule has 0 saturated carbocycles. The second-order valence-corrected chi connectivity index (χ2v) is 7.13. The smallest absolute Gasteiger partial charge is 0.251 e. The van der Waals surface area contributed by atoms with Gasteiger partial charge in [-0.1, -0.05) is 24.8 Å². The Morgan fingerprint density at radius 2 is 1.96 bits per heavy atom. The van der Waals surface area contributed by atoms with E-state index >= 15 is 0 Å². The van der Waals surface area contributed by atoms with Crippen LogP contribution in [0.3, 0.4) is 0 Å². The van der Waals surface area contributed by atoms with Gasteiger partial charge >= 0.3 is 0 Å². The van der Waals surface area contributed by atoms with Gasteiger partial charge < -0.3 is 19.7 Å². The maximum atomic E-state index is 12.7. The first kappa shape index (κ1) is 20.0. The maximum absolute atomic E-state index is 12.7. The summed E-state index contributed by atoms with van der Waals surface area (Å²) >= 11 is 0. The summed E-state index contributed by atoms with van der Waals surface area (Å²) in [5, 5.41) is 3.14. The number of quaternary nitrogens is 1. The third-order valence-electron chi connectivity index (χ3n) is 5.49. The van der Waals surface area contributed by atoms with E-state index in [1.165, 1.54) is 16.0 Å². The van der Waals surface area contributed by atoms with Gasteiger partial charge in [0.1, 0.15) is 6.04 Å². The van der Waals surface area contributed by atoms with Crippen LogP contribution in [0.2, 0.25) is 0 Å². The Balaban J connectivity index is 1.87. The van der Waals surface area contributed by atoms with Crippen LogP contribution in [-0.4, -0.2) is 39.8 Å². The van der Waals surface area contributed by atoms with Crippen LogP contribution in [0.25, 0.3) is 0 Å². The molecule has 1 heterocycles. The molecule has 2 atom stereocenters. The Kier molecular flexibility index (Phi) is 6.37. The Hall–Kier alpha value is -2.79. The van der Waals surface area contributed by atoms with Gasteiger partial charge in [-0.2, -0.15) is 0 Å². The Labute approximate surface area is 167 Å². The summed E-state index contributed by atoms with van der Waals surface area (Å²) in [6, 6.07) is 11.9. The minimum atomic E-state index is -0.0383. The number of ether oxygens (including phenoxy) is 2. The quantitative estimate of drug-likeness (QED) is 0.723. The van der Waals surface area contributed by atoms with Crippen molar-refractivity contribution < 1.29 is 19.2 Å². The lowest BCUT2D eigenvalue weighted by Gasteiger charge is -2.34. The number of aryl methyl sites for hydroxylation is 1. The second-order valence-electron chi connectivity index (χ2n) is 7.13. The molecule has 1 amide bonds. The van der Waals surface area contributed by atoms with E-state index in [4.69, 9.17) is 9.47 Å². The normalized spacial score (nSPS) is 18.1. The third kappa shape index (κ3) is 4.04. The average molecular weight is 381 g/mol. The van der Waals surface area contributed by atoms with Gasteiger partial charge in [-0.25, -0.2) is 0 Å². The van der Waals surface area contributed by atoms with Crippen LogP contribution in [0.4, 0.5) is 0 Å². The van der Waals surface area contributed by atoms with Crippen LogP contribution >= 0.6 is 0 Å². The first-order valence-electron chi connectivity index (χ1n) is 9.63. The number of benzene rings is 2. The fraction of sp³-hybridized carbons (Fsp3) is 0.348. The predicted molar refractivity (Wildman–Crippen MR) is 110 cm³/mol. The molecule has 0 aliphatic carbocycles. The largest absolute Gasteiger partial charge is 0.493 e. The number of rotatable bonds is 7. The second kappa shape index (κ2) is 8.93. The van der Waals surface area contributed by atoms with Gasteiger partial charge in [0.2, 0.25) is 0 Å². The van der Waals surface area contributed by atoms with E-state index in [-0.39, 0.29) is 11.9 Å². The van der Waals surface area contributed by atoms with Crippen molar-refractivity contribution in [3.05, 3.63) is 71.3 Å². The molecule has 0 spiro atoms. The number of amides is 1. The molecule has 2 aromatic rings. The number of nitrogens with one attached hydrogen (secondary N) is 2. The summed E-state index contributed by atoms with van der Waals surface area (Å²) in [5.41, 5.74) is 4.15. The lowest BCUT2D eigenvalue weighted by atomic mass is 9.91. The summed E-state index contributed by atoms with van der Waals surface area (Å²) in [4.78, 5) is 14.1. The van der Waals surface area contributed by atoms with Gasteiger partial charge in [-0.3, -0.25) is 4.79 Å². The summed E-state index contributed by atoms with van der Waals surface area (Å²) in [7, 11) is 3.30. The van der Waals surface area contributed by atoms with E-state index in [1.807, 2.05) is 37.3 Å². The molecule has 0 bridgehead atoms. The zero-order chi connectivity index (χ0) is 20.1. The Morgan fingerprint density at radius 1 is 1.25 bits per heavy atom. The van der Waals surface area contributed by atoms with Crippen LogP contribution in [0.15, 0.2) is 49.1 Å². The van der Waals surface area contributed by atoms with Crippen LogP contribution in [-0.2, 0) is 6.42 Å². The van der Waals surface area contributed by atoms with Crippen LogP contribution in [0, 0.1) is 6.92 Å². The van der Waals surface area contributed by atoms with Crippen molar-refractivity contribution in [2.24, 2.45) is 0 Å². The van der Waals surface area contributed by atoms with Crippen molar-refractivity contribution in [3.63, 3.8) is 0 Å². The number of carbonyl (C=O) groups is 1. The Bertz CT molecular complexity index is 863. The molecule has 5 heteroatoms. The van der Waals surface area contributed by atoms with Gasteiger partial charge in [0.25, 0.3) is 5.91 Å². The van der Waals surface area contributed by atoms with Crippen LogP contribution in [0.1, 0.15) is 33.1 Å². The highest BCUT2D eigenvalue weighted by molar-refractivity contribution is 5.95. The summed E-state index contributed by atoms with van der Waals surface area (Å²) in [5.74, 6) is 1.43. The SMILES string of the molecule is C=CC[NH+]1CCc2cc(OC)c(OC)cc2[C@@H]1CNC(=O)c1ccccc1C. The van der Waals surface area contributed by atoms with Gasteiger partial charge in [-0.15, -0.1) is 0 Å². The lowest BCUT2D eigenvalue weighted by molar-refractivity contribution is -0.927. The molecular weight excluding hydrogens is 352 g/mol. The average Bonchev–Trinajstić information content (AvgIpc) is 2.72. The van der Waals surface area contributed by atoms with Crippen molar-refractivity contribution in [1.82, 2.24) is 5.32 Å². The molecule has 1 unspecified atom stereocenters. The van der Waals surface area contributed by atoms with E-state index in [0.717, 1.165) is 42.1 Å². The number of methoxy groups -OCH3 is 2. The molecule has 28 heavy (non-hydrogen) atoms. The molecule has 0 aromatic heterocycles. The molecule has 0 saturated heterocycles. The zero-order valence-electron chi connectivity index (χ0n) is 16.9. The monoisotopic (exact) mass is 381 g/mol. The molecule has 1 aliphatic rings. The van der Waals surface area contributed by atoms with Gasteiger partial charge in [0.05, 0.1) is 33.9 Å². The van der Waals surface area contributed by atoms with Crippen molar-refractivity contribution in [2.45, 2.75) is 19.4 Å².